The largest absolute Gasteiger partial charge is 0.486 e. The molecule has 7 heteroatoms. The summed E-state index contributed by atoms with van der Waals surface area (Å²) in [6.45, 7) is 2.45. The van der Waals surface area contributed by atoms with Crippen LogP contribution >= 0.6 is 0 Å². The number of hydrogen-bond donors (Lipinski definition) is 1. The second kappa shape index (κ2) is 9.42. The van der Waals surface area contributed by atoms with E-state index in [9.17, 15) is 9.59 Å². The Morgan fingerprint density at radius 3 is 2.62 bits per heavy atom. The van der Waals surface area contributed by atoms with E-state index >= 15 is 0 Å². The van der Waals surface area contributed by atoms with Gasteiger partial charge in [-0.2, -0.15) is 5.26 Å². The molecule has 3 rings (SSSR count). The highest BCUT2D eigenvalue weighted by Crippen LogP contribution is 2.32. The fourth-order valence-electron chi connectivity index (χ4n) is 2.71. The van der Waals surface area contributed by atoms with Gasteiger partial charge in [0.2, 0.25) is 0 Å². The van der Waals surface area contributed by atoms with Gasteiger partial charge in [-0.1, -0.05) is 18.2 Å². The molecule has 0 bridgehead atoms. The highest BCUT2D eigenvalue weighted by molar-refractivity contribution is 5.89. The van der Waals surface area contributed by atoms with Crippen LogP contribution in [0.1, 0.15) is 29.7 Å². The van der Waals surface area contributed by atoms with Crippen molar-refractivity contribution in [2.24, 2.45) is 0 Å². The summed E-state index contributed by atoms with van der Waals surface area (Å²) in [7, 11) is 0. The third-order valence-corrected chi connectivity index (χ3v) is 4.24. The van der Waals surface area contributed by atoms with Gasteiger partial charge < -0.3 is 19.5 Å². The SMILES string of the molecule is C[C@@H](NC(=O)COC(=O)/C=C/c1ccc(C#N)cc1)c1ccc2c(c1)OCCO2. The monoisotopic (exact) mass is 392 g/mol. The summed E-state index contributed by atoms with van der Waals surface area (Å²) >= 11 is 0. The quantitative estimate of drug-likeness (QED) is 0.600. The molecule has 0 saturated heterocycles. The van der Waals surface area contributed by atoms with Crippen molar-refractivity contribution in [3.63, 3.8) is 0 Å². The molecule has 0 aromatic heterocycles. The van der Waals surface area contributed by atoms with Crippen LogP contribution in [0.15, 0.2) is 48.5 Å². The van der Waals surface area contributed by atoms with Crippen molar-refractivity contribution in [2.45, 2.75) is 13.0 Å². The van der Waals surface area contributed by atoms with E-state index < -0.39 is 11.9 Å². The second-order valence-electron chi connectivity index (χ2n) is 6.37. The van der Waals surface area contributed by atoms with Crippen molar-refractivity contribution in [2.75, 3.05) is 19.8 Å². The predicted molar refractivity (Wildman–Crippen MR) is 105 cm³/mol. The van der Waals surface area contributed by atoms with Crippen LogP contribution in [-0.4, -0.2) is 31.7 Å². The second-order valence-corrected chi connectivity index (χ2v) is 6.37. The first kappa shape index (κ1) is 20.0. The molecule has 0 aliphatic carbocycles. The van der Waals surface area contributed by atoms with Crippen LogP contribution in [0.4, 0.5) is 0 Å². The molecular weight excluding hydrogens is 372 g/mol. The number of benzene rings is 2. The number of fused-ring (bicyclic) bond motifs is 1. The molecule has 1 aliphatic rings. The van der Waals surface area contributed by atoms with E-state index in [1.807, 2.05) is 25.1 Å². The number of carbonyl (C=O) groups is 2. The van der Waals surface area contributed by atoms with Gasteiger partial charge in [-0.3, -0.25) is 4.79 Å². The summed E-state index contributed by atoms with van der Waals surface area (Å²) in [4.78, 5) is 23.9. The van der Waals surface area contributed by atoms with E-state index in [0.29, 0.717) is 30.3 Å². The lowest BCUT2D eigenvalue weighted by Gasteiger charge is -2.21. The molecule has 0 fully saturated rings. The molecule has 29 heavy (non-hydrogen) atoms. The van der Waals surface area contributed by atoms with Gasteiger partial charge in [0, 0.05) is 6.08 Å². The lowest BCUT2D eigenvalue weighted by Crippen LogP contribution is -2.31. The van der Waals surface area contributed by atoms with E-state index in [0.717, 1.165) is 11.1 Å². The van der Waals surface area contributed by atoms with Gasteiger partial charge >= 0.3 is 5.97 Å². The molecule has 0 unspecified atom stereocenters. The molecule has 0 saturated carbocycles. The van der Waals surface area contributed by atoms with E-state index in [4.69, 9.17) is 19.5 Å². The first-order chi connectivity index (χ1) is 14.0. The highest BCUT2D eigenvalue weighted by Gasteiger charge is 2.16. The van der Waals surface area contributed by atoms with Crippen LogP contribution < -0.4 is 14.8 Å². The third-order valence-electron chi connectivity index (χ3n) is 4.24. The average Bonchev–Trinajstić information content (AvgIpc) is 2.76. The topological polar surface area (TPSA) is 97.7 Å². The summed E-state index contributed by atoms with van der Waals surface area (Å²) in [5.41, 5.74) is 2.14. The van der Waals surface area contributed by atoms with E-state index in [-0.39, 0.29) is 12.6 Å². The van der Waals surface area contributed by atoms with Crippen molar-refractivity contribution in [1.29, 1.82) is 5.26 Å². The third kappa shape index (κ3) is 5.59. The van der Waals surface area contributed by atoms with Crippen molar-refractivity contribution in [3.05, 3.63) is 65.2 Å². The molecular formula is C22H20N2O5. The Morgan fingerprint density at radius 1 is 1.17 bits per heavy atom. The zero-order chi connectivity index (χ0) is 20.6. The number of nitriles is 1. The van der Waals surface area contributed by atoms with Gasteiger partial charge in [0.1, 0.15) is 13.2 Å². The summed E-state index contributed by atoms with van der Waals surface area (Å²) in [5.74, 6) is 0.291. The normalized spacial score (nSPS) is 13.4. The van der Waals surface area contributed by atoms with E-state index in [1.165, 1.54) is 6.08 Å². The number of esters is 1. The van der Waals surface area contributed by atoms with Crippen LogP contribution in [0.5, 0.6) is 11.5 Å². The van der Waals surface area contributed by atoms with Gasteiger partial charge in [0.05, 0.1) is 17.7 Å². The number of amides is 1. The minimum atomic E-state index is -0.628. The van der Waals surface area contributed by atoms with Gasteiger partial charge in [-0.15, -0.1) is 0 Å². The van der Waals surface area contributed by atoms with Gasteiger partial charge in [-0.25, -0.2) is 4.79 Å². The number of rotatable bonds is 6. The molecule has 2 aromatic carbocycles. The maximum Gasteiger partial charge on any atom is 0.331 e. The van der Waals surface area contributed by atoms with Crippen molar-refractivity contribution in [3.8, 4) is 17.6 Å². The summed E-state index contributed by atoms with van der Waals surface area (Å²) in [6, 6.07) is 13.9. The zero-order valence-corrected chi connectivity index (χ0v) is 15.9. The van der Waals surface area contributed by atoms with Crippen LogP contribution in [-0.2, 0) is 14.3 Å². The van der Waals surface area contributed by atoms with Gasteiger partial charge in [0.25, 0.3) is 5.91 Å². The molecule has 148 valence electrons. The van der Waals surface area contributed by atoms with Crippen LogP contribution in [0.3, 0.4) is 0 Å². The minimum Gasteiger partial charge on any atom is -0.486 e. The Hall–Kier alpha value is -3.79. The molecule has 1 amide bonds. The lowest BCUT2D eigenvalue weighted by atomic mass is 10.1. The maximum absolute atomic E-state index is 12.1. The molecule has 0 spiro atoms. The molecule has 0 radical (unpaired) electrons. The Kier molecular flexibility index (Phi) is 6.48. The Morgan fingerprint density at radius 2 is 1.90 bits per heavy atom. The molecule has 1 heterocycles. The average molecular weight is 392 g/mol. The number of hydrogen-bond acceptors (Lipinski definition) is 6. The molecule has 2 aromatic rings. The standard InChI is InChI=1S/C22H20N2O5/c1-15(18-7-8-19-20(12-18)28-11-10-27-19)24-21(25)14-29-22(26)9-6-16-2-4-17(13-23)5-3-16/h2-9,12,15H,10-11,14H2,1H3,(H,24,25)/b9-6+/t15-/m1/s1. The van der Waals surface area contributed by atoms with Crippen LogP contribution in [0.2, 0.25) is 0 Å². The zero-order valence-electron chi connectivity index (χ0n) is 15.9. The lowest BCUT2D eigenvalue weighted by molar-refractivity contribution is -0.144. The number of nitrogens with zero attached hydrogens (tertiary/aromatic N) is 1. The predicted octanol–water partition coefficient (Wildman–Crippen LogP) is 2.76. The molecule has 1 atom stereocenters. The number of nitrogens with one attached hydrogen (secondary N) is 1. The van der Waals surface area contributed by atoms with Gasteiger partial charge in [-0.05, 0) is 48.4 Å². The first-order valence-corrected chi connectivity index (χ1v) is 9.09. The van der Waals surface area contributed by atoms with E-state index in [2.05, 4.69) is 5.32 Å². The van der Waals surface area contributed by atoms with E-state index in [1.54, 1.807) is 36.4 Å². The molecule has 1 aliphatic heterocycles. The van der Waals surface area contributed by atoms with Crippen LogP contribution in [0.25, 0.3) is 6.08 Å². The van der Waals surface area contributed by atoms with Crippen molar-refractivity contribution < 1.29 is 23.8 Å². The maximum atomic E-state index is 12.1. The first-order valence-electron chi connectivity index (χ1n) is 9.09. The van der Waals surface area contributed by atoms with Crippen molar-refractivity contribution >= 4 is 18.0 Å². The Balaban J connectivity index is 1.47. The van der Waals surface area contributed by atoms with Crippen LogP contribution in [0, 0.1) is 11.3 Å². The number of carbonyl (C=O) groups excluding carboxylic acids is 2. The molecule has 7 nitrogen and oxygen atoms in total. The highest BCUT2D eigenvalue weighted by atomic mass is 16.6. The summed E-state index contributed by atoms with van der Waals surface area (Å²) in [6.07, 6.45) is 2.79. The summed E-state index contributed by atoms with van der Waals surface area (Å²) in [5, 5.41) is 11.5. The fourth-order valence-corrected chi connectivity index (χ4v) is 2.71. The smallest absolute Gasteiger partial charge is 0.331 e. The fraction of sp³-hybridized carbons (Fsp3) is 0.227. The molecule has 1 N–H and O–H groups in total. The van der Waals surface area contributed by atoms with Gasteiger partial charge in [0.15, 0.2) is 18.1 Å². The Bertz CT molecular complexity index is 960. The van der Waals surface area contributed by atoms with Crippen molar-refractivity contribution in [1.82, 2.24) is 5.32 Å². The summed E-state index contributed by atoms with van der Waals surface area (Å²) < 4.78 is 16.0. The number of ether oxygens (including phenoxy) is 3. The minimum absolute atomic E-state index is 0.286. The Labute approximate surface area is 168 Å².